The van der Waals surface area contributed by atoms with Gasteiger partial charge >= 0.3 is 0 Å². The molecular weight excluding hydrogens is 216 g/mol. The van der Waals surface area contributed by atoms with Crippen LogP contribution in [-0.4, -0.2) is 24.2 Å². The van der Waals surface area contributed by atoms with Crippen molar-refractivity contribution in [3.05, 3.63) is 35.4 Å². The van der Waals surface area contributed by atoms with E-state index in [1.807, 2.05) is 0 Å². The van der Waals surface area contributed by atoms with Crippen LogP contribution in [0.25, 0.3) is 0 Å². The lowest BCUT2D eigenvalue weighted by Gasteiger charge is -2.14. The summed E-state index contributed by atoms with van der Waals surface area (Å²) in [5, 5.41) is 11.0. The molecular formula is C11H13F2NO2. The van der Waals surface area contributed by atoms with Gasteiger partial charge in [-0.25, -0.2) is 0 Å². The van der Waals surface area contributed by atoms with Crippen molar-refractivity contribution in [2.75, 3.05) is 13.2 Å². The predicted octanol–water partition coefficient (Wildman–Crippen LogP) is 1.52. The first-order valence-electron chi connectivity index (χ1n) is 4.88. The highest BCUT2D eigenvalue weighted by atomic mass is 19.3. The molecule has 5 heteroatoms. The third kappa shape index (κ3) is 2.76. The van der Waals surface area contributed by atoms with E-state index in [0.717, 1.165) is 6.07 Å². The van der Waals surface area contributed by atoms with Crippen LogP contribution in [0.2, 0.25) is 0 Å². The van der Waals surface area contributed by atoms with Crippen molar-refractivity contribution in [3.63, 3.8) is 0 Å². The van der Waals surface area contributed by atoms with Crippen LogP contribution >= 0.6 is 0 Å². The lowest BCUT2D eigenvalue weighted by atomic mass is 10.1. The number of hydrogen-bond donors (Lipinski definition) is 2. The molecule has 2 N–H and O–H groups in total. The average molecular weight is 229 g/mol. The lowest BCUT2D eigenvalue weighted by molar-refractivity contribution is -0.0556. The number of aliphatic hydroxyl groups excluding tert-OH is 1. The fraction of sp³-hybridized carbons (Fsp3) is 0.364. The molecule has 0 aliphatic carbocycles. The van der Waals surface area contributed by atoms with Crippen LogP contribution in [0.1, 0.15) is 22.8 Å². The van der Waals surface area contributed by atoms with Gasteiger partial charge in [-0.3, -0.25) is 4.79 Å². The van der Waals surface area contributed by atoms with Gasteiger partial charge in [0, 0.05) is 17.7 Å². The number of halogens is 2. The van der Waals surface area contributed by atoms with E-state index in [1.165, 1.54) is 18.2 Å². The Morgan fingerprint density at radius 1 is 1.50 bits per heavy atom. The van der Waals surface area contributed by atoms with Gasteiger partial charge < -0.3 is 10.4 Å². The molecule has 1 aromatic carbocycles. The van der Waals surface area contributed by atoms with Gasteiger partial charge in [0.2, 0.25) is 0 Å². The number of amides is 1. The molecule has 0 aliphatic rings. The molecule has 1 amide bonds. The Kier molecular flexibility index (Phi) is 3.95. The van der Waals surface area contributed by atoms with Crippen LogP contribution in [0, 0.1) is 0 Å². The van der Waals surface area contributed by atoms with Gasteiger partial charge in [-0.15, -0.1) is 0 Å². The Hall–Kier alpha value is -1.49. The molecule has 16 heavy (non-hydrogen) atoms. The predicted molar refractivity (Wildman–Crippen MR) is 55.4 cm³/mol. The monoisotopic (exact) mass is 229 g/mol. The third-order valence-corrected chi connectivity index (χ3v) is 2.08. The van der Waals surface area contributed by atoms with Crippen molar-refractivity contribution in [2.24, 2.45) is 0 Å². The zero-order chi connectivity index (χ0) is 12.2. The molecule has 0 spiro atoms. The minimum atomic E-state index is -3.32. The maximum absolute atomic E-state index is 13.1. The van der Waals surface area contributed by atoms with Crippen LogP contribution in [0.15, 0.2) is 24.3 Å². The molecule has 0 aliphatic heterocycles. The number of rotatable bonds is 4. The van der Waals surface area contributed by atoms with E-state index >= 15 is 0 Å². The normalized spacial score (nSPS) is 11.2. The Labute approximate surface area is 92.1 Å². The van der Waals surface area contributed by atoms with Crippen molar-refractivity contribution in [1.82, 2.24) is 5.32 Å². The van der Waals surface area contributed by atoms with Crippen molar-refractivity contribution < 1.29 is 18.7 Å². The summed E-state index contributed by atoms with van der Waals surface area (Å²) in [5.74, 6) is -3.72. The fourth-order valence-corrected chi connectivity index (χ4v) is 1.24. The second-order valence-corrected chi connectivity index (χ2v) is 3.30. The number of carbonyl (C=O) groups excluding carboxylic acids is 1. The van der Waals surface area contributed by atoms with Gasteiger partial charge in [0.1, 0.15) is 6.61 Å². The second kappa shape index (κ2) is 5.03. The van der Waals surface area contributed by atoms with E-state index in [2.05, 4.69) is 5.32 Å². The highest BCUT2D eigenvalue weighted by molar-refractivity contribution is 5.94. The van der Waals surface area contributed by atoms with Gasteiger partial charge in [0.15, 0.2) is 0 Å². The number of alkyl halides is 2. The van der Waals surface area contributed by atoms with Gasteiger partial charge in [0.25, 0.3) is 11.8 Å². The Morgan fingerprint density at radius 2 is 2.19 bits per heavy atom. The molecule has 3 nitrogen and oxygen atoms in total. The third-order valence-electron chi connectivity index (χ3n) is 2.08. The topological polar surface area (TPSA) is 49.3 Å². The standard InChI is InChI=1S/C11H13F2NO2/c1-2-14-10(16)8-4-3-5-9(6-8)11(12,13)7-15/h3-6,15H,2,7H2,1H3,(H,14,16). The number of hydrogen-bond acceptors (Lipinski definition) is 2. The van der Waals surface area contributed by atoms with E-state index in [0.29, 0.717) is 6.54 Å². The average Bonchev–Trinajstić information content (AvgIpc) is 2.29. The first-order chi connectivity index (χ1) is 7.51. The smallest absolute Gasteiger partial charge is 0.295 e. The largest absolute Gasteiger partial charge is 0.390 e. The Balaban J connectivity index is 3.00. The van der Waals surface area contributed by atoms with E-state index in [1.54, 1.807) is 6.92 Å². The highest BCUT2D eigenvalue weighted by Gasteiger charge is 2.30. The summed E-state index contributed by atoms with van der Waals surface area (Å²) in [6.45, 7) is 0.898. The van der Waals surface area contributed by atoms with E-state index in [-0.39, 0.29) is 11.1 Å². The Morgan fingerprint density at radius 3 is 2.75 bits per heavy atom. The zero-order valence-electron chi connectivity index (χ0n) is 8.84. The zero-order valence-corrected chi connectivity index (χ0v) is 8.84. The van der Waals surface area contributed by atoms with Crippen molar-refractivity contribution in [3.8, 4) is 0 Å². The maximum Gasteiger partial charge on any atom is 0.295 e. The molecule has 0 fully saturated rings. The number of aliphatic hydroxyl groups is 1. The molecule has 0 unspecified atom stereocenters. The van der Waals surface area contributed by atoms with Crippen LogP contribution in [0.5, 0.6) is 0 Å². The van der Waals surface area contributed by atoms with Crippen LogP contribution < -0.4 is 5.32 Å². The summed E-state index contributed by atoms with van der Waals surface area (Å²) in [6, 6.07) is 5.07. The van der Waals surface area contributed by atoms with Gasteiger partial charge in [-0.2, -0.15) is 8.78 Å². The molecule has 0 aromatic heterocycles. The summed E-state index contributed by atoms with van der Waals surface area (Å²) in [4.78, 5) is 11.4. The highest BCUT2D eigenvalue weighted by Crippen LogP contribution is 2.27. The lowest BCUT2D eigenvalue weighted by Crippen LogP contribution is -2.24. The SMILES string of the molecule is CCNC(=O)c1cccc(C(F)(F)CO)c1. The molecule has 0 radical (unpaired) electrons. The van der Waals surface area contributed by atoms with Crippen LogP contribution in [0.3, 0.4) is 0 Å². The summed E-state index contributed by atoms with van der Waals surface area (Å²) in [6.07, 6.45) is 0. The molecule has 0 atom stereocenters. The minimum absolute atomic E-state index is 0.160. The second-order valence-electron chi connectivity index (χ2n) is 3.30. The Bertz CT molecular complexity index is 380. The summed E-state index contributed by atoms with van der Waals surface area (Å²) >= 11 is 0. The van der Waals surface area contributed by atoms with Gasteiger partial charge in [-0.05, 0) is 19.1 Å². The maximum atomic E-state index is 13.1. The van der Waals surface area contributed by atoms with Crippen LogP contribution in [0.4, 0.5) is 8.78 Å². The van der Waals surface area contributed by atoms with Crippen LogP contribution in [-0.2, 0) is 5.92 Å². The fourth-order valence-electron chi connectivity index (χ4n) is 1.24. The minimum Gasteiger partial charge on any atom is -0.390 e. The molecule has 0 saturated carbocycles. The van der Waals surface area contributed by atoms with Gasteiger partial charge in [0.05, 0.1) is 0 Å². The number of carbonyl (C=O) groups is 1. The summed E-state index contributed by atoms with van der Waals surface area (Å²) in [5.41, 5.74) is -0.203. The summed E-state index contributed by atoms with van der Waals surface area (Å²) in [7, 11) is 0. The molecule has 0 saturated heterocycles. The van der Waals surface area contributed by atoms with E-state index in [4.69, 9.17) is 5.11 Å². The van der Waals surface area contributed by atoms with E-state index < -0.39 is 18.4 Å². The molecule has 0 bridgehead atoms. The van der Waals surface area contributed by atoms with Crippen molar-refractivity contribution in [2.45, 2.75) is 12.8 Å². The first-order valence-corrected chi connectivity index (χ1v) is 4.88. The molecule has 0 heterocycles. The number of nitrogens with one attached hydrogen (secondary N) is 1. The van der Waals surface area contributed by atoms with E-state index in [9.17, 15) is 13.6 Å². The van der Waals surface area contributed by atoms with Crippen molar-refractivity contribution >= 4 is 5.91 Å². The molecule has 1 rings (SSSR count). The molecule has 88 valence electrons. The summed E-state index contributed by atoms with van der Waals surface area (Å²) < 4.78 is 26.3. The first kappa shape index (κ1) is 12.6. The molecule has 1 aromatic rings. The van der Waals surface area contributed by atoms with Crippen molar-refractivity contribution in [1.29, 1.82) is 0 Å². The number of benzene rings is 1. The quantitative estimate of drug-likeness (QED) is 0.822. The van der Waals surface area contributed by atoms with Gasteiger partial charge in [-0.1, -0.05) is 12.1 Å².